The molecule has 2 heterocycles. The summed E-state index contributed by atoms with van der Waals surface area (Å²) >= 11 is 0. The van der Waals surface area contributed by atoms with Crippen LogP contribution in [0.15, 0.2) is 0 Å². The first-order valence-electron chi connectivity index (χ1n) is 5.94. The number of fused-ring (bicyclic) bond motifs is 1. The first-order chi connectivity index (χ1) is 6.88. The molecule has 0 aromatic heterocycles. The van der Waals surface area contributed by atoms with Crippen LogP contribution in [0.2, 0.25) is 0 Å². The number of piperidine rings is 1. The minimum Gasteiger partial charge on any atom is -0.344 e. The summed E-state index contributed by atoms with van der Waals surface area (Å²) in [5.74, 6) is -0.203. The van der Waals surface area contributed by atoms with Crippen molar-refractivity contribution in [2.75, 3.05) is 13.1 Å². The molecule has 0 aromatic carbocycles. The van der Waals surface area contributed by atoms with E-state index < -0.39 is 0 Å². The van der Waals surface area contributed by atoms with Crippen LogP contribution >= 0.6 is 0 Å². The highest BCUT2D eigenvalue weighted by Gasteiger charge is 2.48. The molecular formula is C11H19NO2. The Hall–Kier alpha value is -0.120. The van der Waals surface area contributed by atoms with Crippen molar-refractivity contribution in [2.24, 2.45) is 0 Å². The summed E-state index contributed by atoms with van der Waals surface area (Å²) in [4.78, 5) is 0. The summed E-state index contributed by atoms with van der Waals surface area (Å²) < 4.78 is 12.3. The van der Waals surface area contributed by atoms with E-state index in [0.29, 0.717) is 12.2 Å². The SMILES string of the molecule is C1CC[C@H]2OC3(CCNCC3)O[C@H]2C1. The molecule has 14 heavy (non-hydrogen) atoms. The lowest BCUT2D eigenvalue weighted by Crippen LogP contribution is -2.43. The fraction of sp³-hybridized carbons (Fsp3) is 1.00. The van der Waals surface area contributed by atoms with Gasteiger partial charge in [0, 0.05) is 25.9 Å². The van der Waals surface area contributed by atoms with E-state index in [9.17, 15) is 0 Å². The van der Waals surface area contributed by atoms with Gasteiger partial charge in [0.25, 0.3) is 0 Å². The van der Waals surface area contributed by atoms with Crippen LogP contribution in [-0.2, 0) is 9.47 Å². The predicted molar refractivity (Wildman–Crippen MR) is 53.0 cm³/mol. The van der Waals surface area contributed by atoms with Gasteiger partial charge in [-0.2, -0.15) is 0 Å². The minimum absolute atomic E-state index is 0.203. The second-order valence-corrected chi connectivity index (χ2v) is 4.76. The Morgan fingerprint density at radius 2 is 1.50 bits per heavy atom. The minimum atomic E-state index is -0.203. The molecule has 3 heteroatoms. The molecule has 1 spiro atoms. The second kappa shape index (κ2) is 3.47. The molecule has 2 atom stereocenters. The molecule has 3 rings (SSSR count). The quantitative estimate of drug-likeness (QED) is 0.637. The molecule has 3 fully saturated rings. The number of nitrogens with one attached hydrogen (secondary N) is 1. The van der Waals surface area contributed by atoms with Gasteiger partial charge in [-0.1, -0.05) is 12.8 Å². The smallest absolute Gasteiger partial charge is 0.171 e. The van der Waals surface area contributed by atoms with Crippen LogP contribution in [0.1, 0.15) is 38.5 Å². The third-order valence-electron chi connectivity index (χ3n) is 3.74. The Labute approximate surface area is 85.1 Å². The average molecular weight is 197 g/mol. The lowest BCUT2D eigenvalue weighted by atomic mass is 9.95. The first-order valence-corrected chi connectivity index (χ1v) is 5.94. The molecule has 80 valence electrons. The zero-order chi connectivity index (χ0) is 9.43. The largest absolute Gasteiger partial charge is 0.344 e. The zero-order valence-corrected chi connectivity index (χ0v) is 8.63. The van der Waals surface area contributed by atoms with Crippen molar-refractivity contribution in [3.63, 3.8) is 0 Å². The second-order valence-electron chi connectivity index (χ2n) is 4.76. The molecule has 2 saturated heterocycles. The topological polar surface area (TPSA) is 30.5 Å². The van der Waals surface area contributed by atoms with E-state index in [1.54, 1.807) is 0 Å². The van der Waals surface area contributed by atoms with Gasteiger partial charge < -0.3 is 14.8 Å². The van der Waals surface area contributed by atoms with Gasteiger partial charge in [-0.3, -0.25) is 0 Å². The van der Waals surface area contributed by atoms with Gasteiger partial charge in [0.1, 0.15) is 0 Å². The molecule has 3 nitrogen and oxygen atoms in total. The summed E-state index contributed by atoms with van der Waals surface area (Å²) in [6, 6.07) is 0. The molecule has 0 aromatic rings. The van der Waals surface area contributed by atoms with Crippen molar-refractivity contribution >= 4 is 0 Å². The van der Waals surface area contributed by atoms with Gasteiger partial charge in [0.2, 0.25) is 0 Å². The Morgan fingerprint density at radius 3 is 2.07 bits per heavy atom. The van der Waals surface area contributed by atoms with E-state index in [2.05, 4.69) is 5.32 Å². The molecule has 1 aliphatic carbocycles. The zero-order valence-electron chi connectivity index (χ0n) is 8.63. The Bertz CT molecular complexity index is 197. The fourth-order valence-corrected chi connectivity index (χ4v) is 2.96. The number of hydrogen-bond donors (Lipinski definition) is 1. The van der Waals surface area contributed by atoms with E-state index in [-0.39, 0.29) is 5.79 Å². The van der Waals surface area contributed by atoms with Crippen LogP contribution in [-0.4, -0.2) is 31.1 Å². The van der Waals surface area contributed by atoms with Gasteiger partial charge in [-0.05, 0) is 12.8 Å². The summed E-state index contributed by atoms with van der Waals surface area (Å²) in [7, 11) is 0. The molecule has 1 saturated carbocycles. The van der Waals surface area contributed by atoms with Crippen molar-refractivity contribution in [1.82, 2.24) is 5.32 Å². The van der Waals surface area contributed by atoms with Crippen LogP contribution in [0.3, 0.4) is 0 Å². The normalized spacial score (nSPS) is 41.1. The standard InChI is InChI=1S/C11H19NO2/c1-2-4-10-9(3-1)13-11(14-10)5-7-12-8-6-11/h9-10,12H,1-8H2/t9-,10+. The van der Waals surface area contributed by atoms with E-state index in [4.69, 9.17) is 9.47 Å². The fourth-order valence-electron chi connectivity index (χ4n) is 2.96. The average Bonchev–Trinajstić information content (AvgIpc) is 2.56. The number of rotatable bonds is 0. The van der Waals surface area contributed by atoms with Gasteiger partial charge in [0.05, 0.1) is 12.2 Å². The summed E-state index contributed by atoms with van der Waals surface area (Å²) in [6.45, 7) is 2.08. The highest BCUT2D eigenvalue weighted by molar-refractivity contribution is 4.90. The molecule has 2 aliphatic heterocycles. The Morgan fingerprint density at radius 1 is 0.929 bits per heavy atom. The lowest BCUT2D eigenvalue weighted by Gasteiger charge is -2.32. The van der Waals surface area contributed by atoms with E-state index >= 15 is 0 Å². The highest BCUT2D eigenvalue weighted by atomic mass is 16.8. The first kappa shape index (κ1) is 9.13. The lowest BCUT2D eigenvalue weighted by molar-refractivity contribution is -0.189. The molecule has 3 aliphatic rings. The molecule has 1 N–H and O–H groups in total. The van der Waals surface area contributed by atoms with Crippen LogP contribution in [0.25, 0.3) is 0 Å². The molecular weight excluding hydrogens is 178 g/mol. The number of hydrogen-bond acceptors (Lipinski definition) is 3. The van der Waals surface area contributed by atoms with E-state index in [1.165, 1.54) is 25.7 Å². The van der Waals surface area contributed by atoms with Crippen molar-refractivity contribution in [1.29, 1.82) is 0 Å². The third-order valence-corrected chi connectivity index (χ3v) is 3.74. The van der Waals surface area contributed by atoms with Crippen LogP contribution in [0.5, 0.6) is 0 Å². The van der Waals surface area contributed by atoms with Gasteiger partial charge in [-0.15, -0.1) is 0 Å². The van der Waals surface area contributed by atoms with Crippen molar-refractivity contribution in [3.05, 3.63) is 0 Å². The maximum absolute atomic E-state index is 6.13. The van der Waals surface area contributed by atoms with Gasteiger partial charge >= 0.3 is 0 Å². The highest BCUT2D eigenvalue weighted by Crippen LogP contribution is 2.41. The van der Waals surface area contributed by atoms with Crippen LogP contribution in [0, 0.1) is 0 Å². The van der Waals surface area contributed by atoms with E-state index in [1.807, 2.05) is 0 Å². The van der Waals surface area contributed by atoms with Crippen LogP contribution < -0.4 is 5.32 Å². The van der Waals surface area contributed by atoms with Crippen molar-refractivity contribution in [3.8, 4) is 0 Å². The Kier molecular flexibility index (Phi) is 2.26. The number of ether oxygens (including phenoxy) is 2. The van der Waals surface area contributed by atoms with Crippen molar-refractivity contribution < 1.29 is 9.47 Å². The van der Waals surface area contributed by atoms with E-state index in [0.717, 1.165) is 25.9 Å². The maximum atomic E-state index is 6.13. The third kappa shape index (κ3) is 1.47. The predicted octanol–water partition coefficient (Wildman–Crippen LogP) is 1.42. The maximum Gasteiger partial charge on any atom is 0.171 e. The molecule has 0 unspecified atom stereocenters. The summed E-state index contributed by atoms with van der Waals surface area (Å²) in [5, 5.41) is 3.36. The van der Waals surface area contributed by atoms with Crippen LogP contribution in [0.4, 0.5) is 0 Å². The van der Waals surface area contributed by atoms with Gasteiger partial charge in [-0.25, -0.2) is 0 Å². The molecule has 0 radical (unpaired) electrons. The summed E-state index contributed by atoms with van der Waals surface area (Å²) in [6.07, 6.45) is 7.92. The Balaban J connectivity index is 1.71. The monoisotopic (exact) mass is 197 g/mol. The summed E-state index contributed by atoms with van der Waals surface area (Å²) in [5.41, 5.74) is 0. The van der Waals surface area contributed by atoms with Crippen molar-refractivity contribution in [2.45, 2.75) is 56.5 Å². The molecule has 0 amide bonds. The van der Waals surface area contributed by atoms with Gasteiger partial charge in [0.15, 0.2) is 5.79 Å². The molecule has 0 bridgehead atoms.